The maximum Gasteiger partial charge on any atom is 0.186 e. The van der Waals surface area contributed by atoms with E-state index in [0.29, 0.717) is 6.42 Å². The van der Waals surface area contributed by atoms with Crippen LogP contribution in [0.1, 0.15) is 32.6 Å². The van der Waals surface area contributed by atoms with Gasteiger partial charge < -0.3 is 24.8 Å². The summed E-state index contributed by atoms with van der Waals surface area (Å²) in [7, 11) is -2.13. The summed E-state index contributed by atoms with van der Waals surface area (Å²) in [5.41, 5.74) is 0. The van der Waals surface area contributed by atoms with Crippen molar-refractivity contribution in [3.8, 4) is 0 Å². The molecule has 0 aromatic carbocycles. The third-order valence-electron chi connectivity index (χ3n) is 3.63. The van der Waals surface area contributed by atoms with Crippen molar-refractivity contribution in [1.82, 2.24) is 0 Å². The van der Waals surface area contributed by atoms with Crippen molar-refractivity contribution in [3.63, 3.8) is 0 Å². The summed E-state index contributed by atoms with van der Waals surface area (Å²) in [6, 6.07) is 0. The van der Waals surface area contributed by atoms with Gasteiger partial charge in [-0.1, -0.05) is 26.2 Å². The number of rotatable bonds is 8. The zero-order valence-corrected chi connectivity index (χ0v) is 13.3. The molecule has 0 unspecified atom stereocenters. The Morgan fingerprint density at radius 2 is 1.71 bits per heavy atom. The van der Waals surface area contributed by atoms with E-state index >= 15 is 0 Å². The molecule has 1 rings (SSSR count). The molecule has 1 aliphatic heterocycles. The first-order chi connectivity index (χ1) is 9.82. The molecule has 0 aromatic heterocycles. The van der Waals surface area contributed by atoms with Crippen molar-refractivity contribution in [3.05, 3.63) is 0 Å². The van der Waals surface area contributed by atoms with Crippen LogP contribution in [0.4, 0.5) is 0 Å². The molecule has 126 valence electrons. The average Bonchev–Trinajstić information content (AvgIpc) is 2.44. The summed E-state index contributed by atoms with van der Waals surface area (Å²) in [6.07, 6.45) is -3.22. The summed E-state index contributed by atoms with van der Waals surface area (Å²) in [5, 5.41) is 29.2. The van der Waals surface area contributed by atoms with Gasteiger partial charge in [0.15, 0.2) is 16.1 Å². The summed E-state index contributed by atoms with van der Waals surface area (Å²) < 4.78 is 34.1. The Bertz CT molecular complexity index is 395. The minimum absolute atomic E-state index is 0.0237. The second-order valence-electron chi connectivity index (χ2n) is 5.43. The summed E-state index contributed by atoms with van der Waals surface area (Å²) in [6.45, 7) is 2.04. The van der Waals surface area contributed by atoms with Gasteiger partial charge in [0.2, 0.25) is 0 Å². The van der Waals surface area contributed by atoms with E-state index in [1.54, 1.807) is 0 Å². The molecular weight excluding hydrogens is 300 g/mol. The summed E-state index contributed by atoms with van der Waals surface area (Å²) in [5.74, 6) is -0.375. The first-order valence-electron chi connectivity index (χ1n) is 7.25. The molecule has 0 bridgehead atoms. The summed E-state index contributed by atoms with van der Waals surface area (Å²) >= 11 is 0. The molecular formula is C13H26O7S. The lowest BCUT2D eigenvalue weighted by atomic mass is 10.00. The largest absolute Gasteiger partial charge is 0.388 e. The number of hydrogen-bond acceptors (Lipinski definition) is 7. The van der Waals surface area contributed by atoms with Crippen LogP contribution in [0.5, 0.6) is 0 Å². The van der Waals surface area contributed by atoms with Crippen LogP contribution in [-0.4, -0.2) is 73.1 Å². The van der Waals surface area contributed by atoms with Crippen molar-refractivity contribution < 1.29 is 33.2 Å². The fourth-order valence-corrected chi connectivity index (χ4v) is 3.92. The number of aliphatic hydroxyl groups is 3. The standard InChI is InChI=1S/C13H26O7S/c1-3-4-5-6-7-21(17,18)8-9-10(14)11(15)12(16)13(19-2)20-9/h9-16H,3-8H2,1-2H3/t9-,10-,11+,12-,13+/m1/s1. The van der Waals surface area contributed by atoms with Crippen LogP contribution in [0.3, 0.4) is 0 Å². The van der Waals surface area contributed by atoms with Crippen LogP contribution in [0.25, 0.3) is 0 Å². The van der Waals surface area contributed by atoms with Crippen LogP contribution in [0.2, 0.25) is 0 Å². The molecule has 0 aromatic rings. The minimum atomic E-state index is -3.40. The lowest BCUT2D eigenvalue weighted by Gasteiger charge is -2.39. The zero-order valence-electron chi connectivity index (χ0n) is 12.5. The fraction of sp³-hybridized carbons (Fsp3) is 1.00. The normalized spacial score (nSPS) is 34.0. The zero-order chi connectivity index (χ0) is 16.0. The molecule has 21 heavy (non-hydrogen) atoms. The Balaban J connectivity index is 2.59. The van der Waals surface area contributed by atoms with Crippen LogP contribution in [0, 0.1) is 0 Å². The van der Waals surface area contributed by atoms with E-state index in [4.69, 9.17) is 9.47 Å². The third kappa shape index (κ3) is 5.46. The van der Waals surface area contributed by atoms with Gasteiger partial charge in [-0.2, -0.15) is 0 Å². The number of methoxy groups -OCH3 is 1. The molecule has 0 amide bonds. The summed E-state index contributed by atoms with van der Waals surface area (Å²) in [4.78, 5) is 0. The number of hydrogen-bond donors (Lipinski definition) is 3. The Morgan fingerprint density at radius 1 is 1.05 bits per heavy atom. The Kier molecular flexibility index (Phi) is 7.52. The SMILES string of the molecule is CCCCCCS(=O)(=O)C[C@H]1O[C@H](OC)[C@H](O)[C@@H](O)[C@@H]1O. The molecule has 3 N–H and O–H groups in total. The van der Waals surface area contributed by atoms with Crippen molar-refractivity contribution in [2.24, 2.45) is 0 Å². The first-order valence-corrected chi connectivity index (χ1v) is 9.07. The highest BCUT2D eigenvalue weighted by molar-refractivity contribution is 7.91. The van der Waals surface area contributed by atoms with Gasteiger partial charge >= 0.3 is 0 Å². The third-order valence-corrected chi connectivity index (χ3v) is 5.37. The van der Waals surface area contributed by atoms with E-state index in [0.717, 1.165) is 19.3 Å². The van der Waals surface area contributed by atoms with Gasteiger partial charge in [-0.3, -0.25) is 0 Å². The predicted molar refractivity (Wildman–Crippen MR) is 76.5 cm³/mol. The highest BCUT2D eigenvalue weighted by Gasteiger charge is 2.45. The smallest absolute Gasteiger partial charge is 0.186 e. The van der Waals surface area contributed by atoms with E-state index in [-0.39, 0.29) is 5.75 Å². The molecule has 0 spiro atoms. The van der Waals surface area contributed by atoms with Gasteiger partial charge in [-0.05, 0) is 6.42 Å². The van der Waals surface area contributed by atoms with E-state index in [2.05, 4.69) is 0 Å². The van der Waals surface area contributed by atoms with Gasteiger partial charge in [0.25, 0.3) is 0 Å². The number of ether oxygens (including phenoxy) is 2. The van der Waals surface area contributed by atoms with Crippen LogP contribution < -0.4 is 0 Å². The Morgan fingerprint density at radius 3 is 2.29 bits per heavy atom. The van der Waals surface area contributed by atoms with E-state index < -0.39 is 46.3 Å². The van der Waals surface area contributed by atoms with Gasteiger partial charge in [-0.25, -0.2) is 8.42 Å². The fourth-order valence-electron chi connectivity index (χ4n) is 2.33. The van der Waals surface area contributed by atoms with E-state index in [1.165, 1.54) is 7.11 Å². The molecule has 1 aliphatic rings. The van der Waals surface area contributed by atoms with Crippen LogP contribution in [0.15, 0.2) is 0 Å². The van der Waals surface area contributed by atoms with Gasteiger partial charge in [0, 0.05) is 7.11 Å². The van der Waals surface area contributed by atoms with Gasteiger partial charge in [0.05, 0.1) is 11.5 Å². The molecule has 1 fully saturated rings. The number of sulfone groups is 1. The number of aliphatic hydroxyl groups excluding tert-OH is 3. The molecule has 8 heteroatoms. The van der Waals surface area contributed by atoms with Crippen LogP contribution >= 0.6 is 0 Å². The lowest BCUT2D eigenvalue weighted by Crippen LogP contribution is -2.59. The maximum absolute atomic E-state index is 12.0. The van der Waals surface area contributed by atoms with Crippen LogP contribution in [-0.2, 0) is 19.3 Å². The van der Waals surface area contributed by atoms with Crippen molar-refractivity contribution in [2.45, 2.75) is 63.3 Å². The monoisotopic (exact) mass is 326 g/mol. The van der Waals surface area contributed by atoms with Gasteiger partial charge in [-0.15, -0.1) is 0 Å². The Hall–Kier alpha value is -0.250. The maximum atomic E-state index is 12.0. The molecule has 0 radical (unpaired) electrons. The number of unbranched alkanes of at least 4 members (excludes halogenated alkanes) is 3. The molecule has 1 saturated heterocycles. The second-order valence-corrected chi connectivity index (χ2v) is 7.65. The average molecular weight is 326 g/mol. The van der Waals surface area contributed by atoms with E-state index in [1.807, 2.05) is 6.92 Å². The quantitative estimate of drug-likeness (QED) is 0.512. The highest BCUT2D eigenvalue weighted by Crippen LogP contribution is 2.23. The van der Waals surface area contributed by atoms with Crippen molar-refractivity contribution in [1.29, 1.82) is 0 Å². The second kappa shape index (κ2) is 8.40. The molecule has 5 atom stereocenters. The molecule has 1 heterocycles. The lowest BCUT2D eigenvalue weighted by molar-refractivity contribution is -0.285. The first kappa shape index (κ1) is 18.8. The minimum Gasteiger partial charge on any atom is -0.388 e. The van der Waals surface area contributed by atoms with Crippen molar-refractivity contribution >= 4 is 9.84 Å². The molecule has 7 nitrogen and oxygen atoms in total. The highest BCUT2D eigenvalue weighted by atomic mass is 32.2. The predicted octanol–water partition coefficient (Wildman–Crippen LogP) is -0.564. The van der Waals surface area contributed by atoms with Crippen molar-refractivity contribution in [2.75, 3.05) is 18.6 Å². The molecule has 0 aliphatic carbocycles. The topological polar surface area (TPSA) is 113 Å². The van der Waals surface area contributed by atoms with Gasteiger partial charge in [0.1, 0.15) is 24.4 Å². The van der Waals surface area contributed by atoms with E-state index in [9.17, 15) is 23.7 Å². The Labute approximate surface area is 125 Å². The molecule has 0 saturated carbocycles.